The van der Waals surface area contributed by atoms with Crippen molar-refractivity contribution in [1.29, 1.82) is 0 Å². The molecule has 140 valence electrons. The van der Waals surface area contributed by atoms with Gasteiger partial charge in [0.2, 0.25) is 20.0 Å². The highest BCUT2D eigenvalue weighted by Crippen LogP contribution is 2.24. The third kappa shape index (κ3) is 4.36. The van der Waals surface area contributed by atoms with Gasteiger partial charge in [-0.25, -0.2) is 16.8 Å². The summed E-state index contributed by atoms with van der Waals surface area (Å²) < 4.78 is 58.5. The molecule has 9 nitrogen and oxygen atoms in total. The van der Waals surface area contributed by atoms with Crippen molar-refractivity contribution in [2.24, 2.45) is 0 Å². The molecule has 0 spiro atoms. The van der Waals surface area contributed by atoms with Crippen molar-refractivity contribution in [2.75, 3.05) is 26.3 Å². The number of carboxylic acid groups (broad SMARTS) is 1. The van der Waals surface area contributed by atoms with Crippen LogP contribution in [-0.2, 0) is 29.6 Å². The first-order chi connectivity index (χ1) is 11.6. The molecule has 0 unspecified atom stereocenters. The minimum absolute atomic E-state index is 0.125. The first-order valence-electron chi connectivity index (χ1n) is 7.49. The van der Waals surface area contributed by atoms with Crippen molar-refractivity contribution in [2.45, 2.75) is 29.7 Å². The summed E-state index contributed by atoms with van der Waals surface area (Å²) in [6.07, 6.45) is 0. The number of sulfonamides is 2. The average molecular weight is 392 g/mol. The van der Waals surface area contributed by atoms with E-state index in [1.165, 1.54) is 23.4 Å². The Bertz CT molecular complexity index is 859. The second-order valence-electron chi connectivity index (χ2n) is 5.62. The number of rotatable bonds is 6. The summed E-state index contributed by atoms with van der Waals surface area (Å²) in [5.41, 5.74) is 0.400. The number of benzene rings is 1. The fourth-order valence-electron chi connectivity index (χ4n) is 2.30. The van der Waals surface area contributed by atoms with E-state index >= 15 is 0 Å². The van der Waals surface area contributed by atoms with Crippen molar-refractivity contribution < 1.29 is 31.5 Å². The summed E-state index contributed by atoms with van der Waals surface area (Å²) in [5.74, 6) is -1.34. The predicted molar refractivity (Wildman–Crippen MR) is 88.2 cm³/mol. The zero-order chi connectivity index (χ0) is 18.8. The van der Waals surface area contributed by atoms with Crippen LogP contribution in [0, 0.1) is 6.92 Å². The normalized spacial score (nSPS) is 18.0. The zero-order valence-corrected chi connectivity index (χ0v) is 15.4. The Morgan fingerprint density at radius 1 is 1.24 bits per heavy atom. The molecule has 0 radical (unpaired) electrons. The summed E-state index contributed by atoms with van der Waals surface area (Å²) >= 11 is 0. The number of hydrogen-bond donors (Lipinski definition) is 2. The quantitative estimate of drug-likeness (QED) is 0.684. The van der Waals surface area contributed by atoms with E-state index < -0.39 is 32.1 Å². The van der Waals surface area contributed by atoms with E-state index in [4.69, 9.17) is 9.84 Å². The van der Waals surface area contributed by atoms with Gasteiger partial charge in [0.15, 0.2) is 0 Å². The van der Waals surface area contributed by atoms with Gasteiger partial charge in [-0.3, -0.25) is 4.79 Å². The van der Waals surface area contributed by atoms with Crippen molar-refractivity contribution in [3.8, 4) is 0 Å². The molecular weight excluding hydrogens is 372 g/mol. The summed E-state index contributed by atoms with van der Waals surface area (Å²) in [5, 5.41) is 8.85. The lowest BCUT2D eigenvalue weighted by atomic mass is 10.2. The molecule has 11 heteroatoms. The van der Waals surface area contributed by atoms with E-state index in [0.717, 1.165) is 6.07 Å². The molecule has 1 aromatic carbocycles. The van der Waals surface area contributed by atoms with E-state index in [1.54, 1.807) is 6.92 Å². The van der Waals surface area contributed by atoms with E-state index in [1.807, 2.05) is 4.72 Å². The predicted octanol–water partition coefficient (Wildman–Crippen LogP) is -0.233. The number of nitrogens with zero attached hydrogens (tertiary/aromatic N) is 1. The van der Waals surface area contributed by atoms with Gasteiger partial charge in [0.25, 0.3) is 0 Å². The summed E-state index contributed by atoms with van der Waals surface area (Å²) in [7, 11) is -8.05. The van der Waals surface area contributed by atoms with Crippen LogP contribution in [0.5, 0.6) is 0 Å². The van der Waals surface area contributed by atoms with Gasteiger partial charge in [-0.05, 0) is 31.5 Å². The van der Waals surface area contributed by atoms with E-state index in [9.17, 15) is 21.6 Å². The molecule has 1 aliphatic heterocycles. The van der Waals surface area contributed by atoms with Crippen LogP contribution in [0.2, 0.25) is 0 Å². The Morgan fingerprint density at radius 3 is 2.40 bits per heavy atom. The molecule has 1 aromatic rings. The molecule has 1 fully saturated rings. The first-order valence-corrected chi connectivity index (χ1v) is 10.4. The first kappa shape index (κ1) is 19.8. The SMILES string of the molecule is Cc1ccc(S(=O)(=O)N[C@@H](C)C(=O)O)cc1S(=O)(=O)N1CCOCC1. The topological polar surface area (TPSA) is 130 Å². The van der Waals surface area contributed by atoms with Crippen molar-refractivity contribution in [3.63, 3.8) is 0 Å². The van der Waals surface area contributed by atoms with Crippen LogP contribution in [0.25, 0.3) is 0 Å². The molecule has 0 amide bonds. The van der Waals surface area contributed by atoms with Gasteiger partial charge in [-0.1, -0.05) is 6.07 Å². The lowest BCUT2D eigenvalue weighted by Crippen LogP contribution is -2.41. The van der Waals surface area contributed by atoms with E-state index in [-0.39, 0.29) is 36.1 Å². The van der Waals surface area contributed by atoms with Crippen LogP contribution >= 0.6 is 0 Å². The lowest BCUT2D eigenvalue weighted by Gasteiger charge is -2.26. The highest BCUT2D eigenvalue weighted by atomic mass is 32.2. The number of ether oxygens (including phenoxy) is 1. The van der Waals surface area contributed by atoms with E-state index in [2.05, 4.69) is 0 Å². The van der Waals surface area contributed by atoms with Gasteiger partial charge >= 0.3 is 5.97 Å². The number of aryl methyl sites for hydroxylation is 1. The third-order valence-electron chi connectivity index (χ3n) is 3.76. The van der Waals surface area contributed by atoms with Crippen LogP contribution in [0.4, 0.5) is 0 Å². The molecule has 2 rings (SSSR count). The highest BCUT2D eigenvalue weighted by Gasteiger charge is 2.30. The van der Waals surface area contributed by atoms with Crippen LogP contribution in [0.3, 0.4) is 0 Å². The largest absolute Gasteiger partial charge is 0.480 e. The molecule has 0 aromatic heterocycles. The number of nitrogens with one attached hydrogen (secondary N) is 1. The molecule has 1 heterocycles. The molecule has 1 saturated heterocycles. The van der Waals surface area contributed by atoms with Gasteiger partial charge in [0.1, 0.15) is 6.04 Å². The highest BCUT2D eigenvalue weighted by molar-refractivity contribution is 7.90. The standard InChI is InChI=1S/C14H20N2O7S2/c1-10-3-4-12(24(19,20)15-11(2)14(17)18)9-13(10)25(21,22)16-5-7-23-8-6-16/h3-4,9,11,15H,5-8H2,1-2H3,(H,17,18)/t11-/m0/s1. The van der Waals surface area contributed by atoms with Crippen LogP contribution in [0.15, 0.2) is 28.0 Å². The second-order valence-corrected chi connectivity index (χ2v) is 9.25. The zero-order valence-electron chi connectivity index (χ0n) is 13.8. The Morgan fingerprint density at radius 2 is 1.84 bits per heavy atom. The molecule has 1 atom stereocenters. The summed E-state index contributed by atoms with van der Waals surface area (Å²) in [6.45, 7) is 3.67. The maximum atomic E-state index is 12.8. The maximum absolute atomic E-state index is 12.8. The van der Waals surface area contributed by atoms with Crippen molar-refractivity contribution >= 4 is 26.0 Å². The number of carboxylic acids is 1. The Hall–Kier alpha value is -1.53. The van der Waals surface area contributed by atoms with Crippen molar-refractivity contribution in [3.05, 3.63) is 23.8 Å². The fourth-order valence-corrected chi connectivity index (χ4v) is 5.26. The maximum Gasteiger partial charge on any atom is 0.321 e. The van der Waals surface area contributed by atoms with Gasteiger partial charge in [-0.2, -0.15) is 9.03 Å². The smallest absolute Gasteiger partial charge is 0.321 e. The third-order valence-corrected chi connectivity index (χ3v) is 7.34. The summed E-state index contributed by atoms with van der Waals surface area (Å²) in [4.78, 5) is 10.4. The fraction of sp³-hybridized carbons (Fsp3) is 0.500. The van der Waals surface area contributed by atoms with Gasteiger partial charge in [0.05, 0.1) is 23.0 Å². The minimum atomic E-state index is -4.17. The van der Waals surface area contributed by atoms with Gasteiger partial charge in [-0.15, -0.1) is 0 Å². The Balaban J connectivity index is 2.42. The summed E-state index contributed by atoms with van der Waals surface area (Å²) in [6, 6.07) is 2.33. The average Bonchev–Trinajstić information content (AvgIpc) is 2.55. The van der Waals surface area contributed by atoms with Gasteiger partial charge in [0, 0.05) is 13.1 Å². The second kappa shape index (κ2) is 7.38. The van der Waals surface area contributed by atoms with E-state index in [0.29, 0.717) is 5.56 Å². The molecule has 2 N–H and O–H groups in total. The molecule has 25 heavy (non-hydrogen) atoms. The van der Waals surface area contributed by atoms with Crippen LogP contribution < -0.4 is 4.72 Å². The monoisotopic (exact) mass is 392 g/mol. The number of aliphatic carboxylic acids is 1. The minimum Gasteiger partial charge on any atom is -0.480 e. The molecule has 0 saturated carbocycles. The number of carbonyl (C=O) groups is 1. The molecule has 1 aliphatic rings. The molecule has 0 bridgehead atoms. The molecular formula is C14H20N2O7S2. The molecule has 0 aliphatic carbocycles. The van der Waals surface area contributed by atoms with Crippen molar-refractivity contribution in [1.82, 2.24) is 9.03 Å². The van der Waals surface area contributed by atoms with Crippen LogP contribution in [0.1, 0.15) is 12.5 Å². The van der Waals surface area contributed by atoms with Crippen LogP contribution in [-0.4, -0.2) is 64.6 Å². The number of morpholine rings is 1. The Labute approximate surface area is 146 Å². The lowest BCUT2D eigenvalue weighted by molar-refractivity contribution is -0.138. The van der Waals surface area contributed by atoms with Gasteiger partial charge < -0.3 is 9.84 Å². The number of hydrogen-bond acceptors (Lipinski definition) is 6. The Kier molecular flexibility index (Phi) is 5.84.